The smallest absolute Gasteiger partial charge is 0.201 e. The standard InChI is InChI=1S/C21H28F2O/c1-3-5-7-8-16-9-11-17(12-10-16)18-13-14-19(21(23)20(18)22)24-15-6-4-2/h7-8,11,13-14,16H,3-6,9-10,12,15H2,1-2H3. The second kappa shape index (κ2) is 9.61. The Labute approximate surface area is 144 Å². The number of unbranched alkanes of at least 4 members (excludes halogenated alkanes) is 2. The molecule has 3 heteroatoms. The molecule has 0 aliphatic heterocycles. The first kappa shape index (κ1) is 18.7. The SMILES string of the molecule is CCCC=CC1CC=C(c2ccc(OCCCC)c(F)c2F)CC1. The van der Waals surface area contributed by atoms with Gasteiger partial charge in [0, 0.05) is 5.56 Å². The van der Waals surface area contributed by atoms with Crippen LogP contribution < -0.4 is 4.74 Å². The molecule has 0 saturated heterocycles. The molecule has 132 valence electrons. The van der Waals surface area contributed by atoms with E-state index in [2.05, 4.69) is 25.2 Å². The lowest BCUT2D eigenvalue weighted by Gasteiger charge is -2.20. The number of ether oxygens (including phenoxy) is 1. The fourth-order valence-corrected chi connectivity index (χ4v) is 2.95. The molecule has 1 aliphatic rings. The molecule has 1 aromatic carbocycles. The third-order valence-electron chi connectivity index (χ3n) is 4.46. The van der Waals surface area contributed by atoms with Crippen LogP contribution in [0.5, 0.6) is 5.75 Å². The fourth-order valence-electron chi connectivity index (χ4n) is 2.95. The van der Waals surface area contributed by atoms with Crippen LogP contribution in [0, 0.1) is 17.6 Å². The fraction of sp³-hybridized carbons (Fsp3) is 0.524. The summed E-state index contributed by atoms with van der Waals surface area (Å²) in [7, 11) is 0. The minimum absolute atomic E-state index is 0.0153. The maximum atomic E-state index is 14.4. The molecule has 0 saturated carbocycles. The van der Waals surface area contributed by atoms with Gasteiger partial charge in [0.15, 0.2) is 11.6 Å². The number of hydrogen-bond donors (Lipinski definition) is 0. The lowest BCUT2D eigenvalue weighted by Crippen LogP contribution is -2.06. The minimum atomic E-state index is -0.866. The molecule has 1 unspecified atom stereocenters. The average molecular weight is 334 g/mol. The summed E-state index contributed by atoms with van der Waals surface area (Å²) in [5.41, 5.74) is 1.29. The zero-order chi connectivity index (χ0) is 17.4. The monoisotopic (exact) mass is 334 g/mol. The molecule has 1 aromatic rings. The molecule has 0 fully saturated rings. The number of hydrogen-bond acceptors (Lipinski definition) is 1. The Morgan fingerprint density at radius 3 is 2.67 bits per heavy atom. The van der Waals surface area contributed by atoms with E-state index in [0.717, 1.165) is 50.5 Å². The molecule has 1 atom stereocenters. The third kappa shape index (κ3) is 4.93. The van der Waals surface area contributed by atoms with Gasteiger partial charge in [0.05, 0.1) is 6.61 Å². The Kier molecular flexibility index (Phi) is 7.48. The highest BCUT2D eigenvalue weighted by Gasteiger charge is 2.20. The summed E-state index contributed by atoms with van der Waals surface area (Å²) in [4.78, 5) is 0. The molecule has 0 spiro atoms. The molecule has 1 nitrogen and oxygen atoms in total. The van der Waals surface area contributed by atoms with Gasteiger partial charge in [-0.1, -0.05) is 44.9 Å². The topological polar surface area (TPSA) is 9.23 Å². The zero-order valence-corrected chi connectivity index (χ0v) is 14.8. The van der Waals surface area contributed by atoms with Crippen molar-refractivity contribution < 1.29 is 13.5 Å². The van der Waals surface area contributed by atoms with Gasteiger partial charge in [0.1, 0.15) is 0 Å². The van der Waals surface area contributed by atoms with Gasteiger partial charge in [-0.25, -0.2) is 4.39 Å². The van der Waals surface area contributed by atoms with Crippen LogP contribution in [0.1, 0.15) is 64.4 Å². The van der Waals surface area contributed by atoms with Crippen molar-refractivity contribution in [2.24, 2.45) is 5.92 Å². The van der Waals surface area contributed by atoms with Gasteiger partial charge < -0.3 is 4.74 Å². The highest BCUT2D eigenvalue weighted by atomic mass is 19.2. The van der Waals surface area contributed by atoms with Gasteiger partial charge in [-0.05, 0) is 55.7 Å². The van der Waals surface area contributed by atoms with Crippen LogP contribution in [-0.2, 0) is 0 Å². The molecule has 0 radical (unpaired) electrons. The Bertz CT molecular complexity index is 590. The minimum Gasteiger partial charge on any atom is -0.490 e. The van der Waals surface area contributed by atoms with Crippen LogP contribution in [0.15, 0.2) is 30.4 Å². The number of halogens is 2. The van der Waals surface area contributed by atoms with E-state index >= 15 is 0 Å². The Balaban J connectivity index is 2.06. The summed E-state index contributed by atoms with van der Waals surface area (Å²) < 4.78 is 33.9. The van der Waals surface area contributed by atoms with Gasteiger partial charge in [0.2, 0.25) is 5.82 Å². The van der Waals surface area contributed by atoms with Crippen molar-refractivity contribution in [1.29, 1.82) is 0 Å². The van der Waals surface area contributed by atoms with Crippen molar-refractivity contribution in [1.82, 2.24) is 0 Å². The van der Waals surface area contributed by atoms with Gasteiger partial charge >= 0.3 is 0 Å². The van der Waals surface area contributed by atoms with Crippen LogP contribution in [0.3, 0.4) is 0 Å². The average Bonchev–Trinajstić information content (AvgIpc) is 2.60. The van der Waals surface area contributed by atoms with E-state index in [4.69, 9.17) is 4.74 Å². The summed E-state index contributed by atoms with van der Waals surface area (Å²) in [6.45, 7) is 4.61. The quantitative estimate of drug-likeness (QED) is 0.380. The van der Waals surface area contributed by atoms with E-state index in [1.54, 1.807) is 12.1 Å². The molecule has 0 bridgehead atoms. The summed E-state index contributed by atoms with van der Waals surface area (Å²) in [6.07, 6.45) is 13.3. The number of benzene rings is 1. The summed E-state index contributed by atoms with van der Waals surface area (Å²) in [6, 6.07) is 3.20. The number of allylic oxidation sites excluding steroid dienone is 4. The number of rotatable bonds is 8. The normalized spacial score (nSPS) is 18.0. The first-order valence-corrected chi connectivity index (χ1v) is 9.14. The van der Waals surface area contributed by atoms with Crippen molar-refractivity contribution >= 4 is 5.57 Å². The second-order valence-electron chi connectivity index (χ2n) is 6.42. The van der Waals surface area contributed by atoms with E-state index in [9.17, 15) is 8.78 Å². The van der Waals surface area contributed by atoms with Crippen LogP contribution in [0.2, 0.25) is 0 Å². The van der Waals surface area contributed by atoms with Gasteiger partial charge in [-0.2, -0.15) is 4.39 Å². The van der Waals surface area contributed by atoms with Crippen molar-refractivity contribution in [2.45, 2.75) is 58.8 Å². The van der Waals surface area contributed by atoms with Crippen molar-refractivity contribution in [3.8, 4) is 5.75 Å². The van der Waals surface area contributed by atoms with Crippen LogP contribution >= 0.6 is 0 Å². The highest BCUT2D eigenvalue weighted by molar-refractivity contribution is 5.67. The summed E-state index contributed by atoms with van der Waals surface area (Å²) in [5.74, 6) is -1.11. The van der Waals surface area contributed by atoms with Crippen LogP contribution in [-0.4, -0.2) is 6.61 Å². The maximum absolute atomic E-state index is 14.4. The molecule has 24 heavy (non-hydrogen) atoms. The van der Waals surface area contributed by atoms with Crippen LogP contribution in [0.4, 0.5) is 8.78 Å². The first-order valence-electron chi connectivity index (χ1n) is 9.14. The van der Waals surface area contributed by atoms with Gasteiger partial charge in [0.25, 0.3) is 0 Å². The predicted octanol–water partition coefficient (Wildman–Crippen LogP) is 6.68. The van der Waals surface area contributed by atoms with Gasteiger partial charge in [-0.15, -0.1) is 0 Å². The second-order valence-corrected chi connectivity index (χ2v) is 6.42. The van der Waals surface area contributed by atoms with E-state index in [1.165, 1.54) is 0 Å². The molecule has 1 aliphatic carbocycles. The van der Waals surface area contributed by atoms with E-state index < -0.39 is 11.6 Å². The Morgan fingerprint density at radius 1 is 1.17 bits per heavy atom. The van der Waals surface area contributed by atoms with Crippen molar-refractivity contribution in [3.05, 3.63) is 47.6 Å². The molecule has 0 N–H and O–H groups in total. The largest absolute Gasteiger partial charge is 0.490 e. The van der Waals surface area contributed by atoms with E-state index in [1.807, 2.05) is 6.92 Å². The third-order valence-corrected chi connectivity index (χ3v) is 4.46. The molecule has 0 amide bonds. The summed E-state index contributed by atoms with van der Waals surface area (Å²) in [5, 5.41) is 0. The zero-order valence-electron chi connectivity index (χ0n) is 14.8. The van der Waals surface area contributed by atoms with E-state index in [0.29, 0.717) is 18.1 Å². The highest BCUT2D eigenvalue weighted by Crippen LogP contribution is 2.34. The van der Waals surface area contributed by atoms with Crippen molar-refractivity contribution in [3.63, 3.8) is 0 Å². The lowest BCUT2D eigenvalue weighted by atomic mass is 9.86. The molecule has 0 aromatic heterocycles. The summed E-state index contributed by atoms with van der Waals surface area (Å²) >= 11 is 0. The van der Waals surface area contributed by atoms with Crippen molar-refractivity contribution in [2.75, 3.05) is 6.61 Å². The molecular weight excluding hydrogens is 306 g/mol. The Morgan fingerprint density at radius 2 is 2.00 bits per heavy atom. The Hall–Kier alpha value is -1.64. The van der Waals surface area contributed by atoms with E-state index in [-0.39, 0.29) is 5.75 Å². The maximum Gasteiger partial charge on any atom is 0.201 e. The van der Waals surface area contributed by atoms with Crippen LogP contribution in [0.25, 0.3) is 5.57 Å². The lowest BCUT2D eigenvalue weighted by molar-refractivity contribution is 0.288. The molecule has 2 rings (SSSR count). The molecular formula is C21H28F2O. The molecule has 0 heterocycles. The van der Waals surface area contributed by atoms with Gasteiger partial charge in [-0.3, -0.25) is 0 Å². The predicted molar refractivity (Wildman–Crippen MR) is 96.1 cm³/mol. The first-order chi connectivity index (χ1) is 11.7.